The standard InChI is InChI=1S/C11H13N3O/c12-8-3-1-7(2-4-8)11(15)9-5-6-10(13)14-9/h1-6,11,14-15H,12-13H2. The number of rotatable bonds is 2. The third kappa shape index (κ3) is 1.94. The fraction of sp³-hybridized carbons (Fsp3) is 0.0909. The van der Waals surface area contributed by atoms with Crippen molar-refractivity contribution in [2.75, 3.05) is 11.5 Å². The molecule has 1 atom stereocenters. The highest BCUT2D eigenvalue weighted by Crippen LogP contribution is 2.22. The molecule has 0 aliphatic rings. The van der Waals surface area contributed by atoms with Crippen molar-refractivity contribution >= 4 is 11.5 Å². The first-order valence-corrected chi connectivity index (χ1v) is 4.64. The van der Waals surface area contributed by atoms with Gasteiger partial charge in [-0.3, -0.25) is 0 Å². The third-order valence-corrected chi connectivity index (χ3v) is 2.28. The number of hydrogen-bond donors (Lipinski definition) is 4. The number of hydrogen-bond acceptors (Lipinski definition) is 3. The molecule has 15 heavy (non-hydrogen) atoms. The summed E-state index contributed by atoms with van der Waals surface area (Å²) in [6.45, 7) is 0. The van der Waals surface area contributed by atoms with Gasteiger partial charge in [-0.25, -0.2) is 0 Å². The maximum absolute atomic E-state index is 9.97. The lowest BCUT2D eigenvalue weighted by Crippen LogP contribution is -2.00. The molecule has 0 amide bonds. The molecule has 0 aliphatic heterocycles. The number of aliphatic hydroxyl groups excluding tert-OH is 1. The van der Waals surface area contributed by atoms with Crippen molar-refractivity contribution in [3.63, 3.8) is 0 Å². The first-order valence-electron chi connectivity index (χ1n) is 4.64. The average molecular weight is 203 g/mol. The fourth-order valence-corrected chi connectivity index (χ4v) is 1.45. The smallest absolute Gasteiger partial charge is 0.119 e. The quantitative estimate of drug-likeness (QED) is 0.554. The van der Waals surface area contributed by atoms with Crippen LogP contribution in [-0.2, 0) is 0 Å². The van der Waals surface area contributed by atoms with Gasteiger partial charge in [0.05, 0.1) is 5.69 Å². The molecule has 1 heterocycles. The molecule has 4 nitrogen and oxygen atoms in total. The number of H-pyrrole nitrogens is 1. The van der Waals surface area contributed by atoms with E-state index in [0.717, 1.165) is 5.56 Å². The van der Waals surface area contributed by atoms with Crippen LogP contribution in [-0.4, -0.2) is 10.1 Å². The van der Waals surface area contributed by atoms with Gasteiger partial charge in [-0.1, -0.05) is 12.1 Å². The summed E-state index contributed by atoms with van der Waals surface area (Å²) < 4.78 is 0. The number of aromatic nitrogens is 1. The molecule has 1 aromatic carbocycles. The Balaban J connectivity index is 2.28. The summed E-state index contributed by atoms with van der Waals surface area (Å²) in [6.07, 6.45) is -0.692. The van der Waals surface area contributed by atoms with Gasteiger partial charge in [0.15, 0.2) is 0 Å². The van der Waals surface area contributed by atoms with Crippen LogP contribution in [0.2, 0.25) is 0 Å². The van der Waals surface area contributed by atoms with Crippen LogP contribution in [0.25, 0.3) is 0 Å². The minimum atomic E-state index is -0.692. The van der Waals surface area contributed by atoms with Crippen LogP contribution in [0.5, 0.6) is 0 Å². The maximum atomic E-state index is 9.97. The Hall–Kier alpha value is -1.94. The summed E-state index contributed by atoms with van der Waals surface area (Å²) in [5, 5.41) is 9.97. The summed E-state index contributed by atoms with van der Waals surface area (Å²) in [4.78, 5) is 2.89. The van der Waals surface area contributed by atoms with Crippen molar-refractivity contribution < 1.29 is 5.11 Å². The van der Waals surface area contributed by atoms with Gasteiger partial charge in [0.25, 0.3) is 0 Å². The van der Waals surface area contributed by atoms with Crippen LogP contribution in [0.3, 0.4) is 0 Å². The summed E-state index contributed by atoms with van der Waals surface area (Å²) in [5.74, 6) is 0.541. The van der Waals surface area contributed by atoms with Gasteiger partial charge in [-0.15, -0.1) is 0 Å². The van der Waals surface area contributed by atoms with E-state index in [1.54, 1.807) is 36.4 Å². The fourth-order valence-electron chi connectivity index (χ4n) is 1.45. The zero-order chi connectivity index (χ0) is 10.8. The molecule has 0 radical (unpaired) electrons. The molecule has 0 spiro atoms. The Labute approximate surface area is 87.5 Å². The topological polar surface area (TPSA) is 88.1 Å². The van der Waals surface area contributed by atoms with Gasteiger partial charge in [-0.2, -0.15) is 0 Å². The normalized spacial score (nSPS) is 12.6. The van der Waals surface area contributed by atoms with Gasteiger partial charge >= 0.3 is 0 Å². The molecule has 78 valence electrons. The Bertz CT molecular complexity index is 447. The molecule has 0 aliphatic carbocycles. The van der Waals surface area contributed by atoms with E-state index in [-0.39, 0.29) is 0 Å². The summed E-state index contributed by atoms with van der Waals surface area (Å²) in [6, 6.07) is 10.6. The van der Waals surface area contributed by atoms with E-state index in [1.807, 2.05) is 0 Å². The van der Waals surface area contributed by atoms with Crippen molar-refractivity contribution in [3.8, 4) is 0 Å². The molecule has 4 heteroatoms. The first kappa shape index (κ1) is 9.61. The molecule has 1 aromatic heterocycles. The van der Waals surface area contributed by atoms with E-state index in [1.165, 1.54) is 0 Å². The predicted octanol–water partition coefficient (Wildman–Crippen LogP) is 1.26. The van der Waals surface area contributed by atoms with Crippen LogP contribution in [0.15, 0.2) is 36.4 Å². The van der Waals surface area contributed by atoms with E-state index in [0.29, 0.717) is 17.2 Å². The molecule has 6 N–H and O–H groups in total. The number of nitrogen functional groups attached to an aromatic ring is 2. The minimum Gasteiger partial charge on any atom is -0.399 e. The van der Waals surface area contributed by atoms with Crippen LogP contribution in [0, 0.1) is 0 Å². The average Bonchev–Trinajstić information content (AvgIpc) is 2.65. The highest BCUT2D eigenvalue weighted by atomic mass is 16.3. The van der Waals surface area contributed by atoms with E-state index in [4.69, 9.17) is 11.5 Å². The molecule has 2 rings (SSSR count). The van der Waals surface area contributed by atoms with E-state index in [2.05, 4.69) is 4.98 Å². The van der Waals surface area contributed by atoms with Crippen LogP contribution < -0.4 is 11.5 Å². The first-order chi connectivity index (χ1) is 7.16. The maximum Gasteiger partial charge on any atom is 0.119 e. The Kier molecular flexibility index (Phi) is 2.35. The summed E-state index contributed by atoms with van der Waals surface area (Å²) in [7, 11) is 0. The van der Waals surface area contributed by atoms with Crippen LogP contribution in [0.1, 0.15) is 17.4 Å². The molecular weight excluding hydrogens is 190 g/mol. The second kappa shape index (κ2) is 3.67. The van der Waals surface area contributed by atoms with Gasteiger partial charge in [0, 0.05) is 5.69 Å². The largest absolute Gasteiger partial charge is 0.399 e. The zero-order valence-electron chi connectivity index (χ0n) is 8.14. The lowest BCUT2D eigenvalue weighted by atomic mass is 10.1. The molecule has 0 fully saturated rings. The van der Waals surface area contributed by atoms with Crippen LogP contribution in [0.4, 0.5) is 11.5 Å². The molecule has 2 aromatic rings. The molecule has 0 saturated heterocycles. The third-order valence-electron chi connectivity index (χ3n) is 2.28. The zero-order valence-corrected chi connectivity index (χ0v) is 8.14. The van der Waals surface area contributed by atoms with Crippen molar-refractivity contribution in [1.29, 1.82) is 0 Å². The number of anilines is 2. The van der Waals surface area contributed by atoms with E-state index < -0.39 is 6.10 Å². The molecule has 0 bridgehead atoms. The van der Waals surface area contributed by atoms with E-state index in [9.17, 15) is 5.11 Å². The highest BCUT2D eigenvalue weighted by Gasteiger charge is 2.11. The Morgan fingerprint density at radius 2 is 1.67 bits per heavy atom. The molecule has 1 unspecified atom stereocenters. The second-order valence-corrected chi connectivity index (χ2v) is 3.44. The van der Waals surface area contributed by atoms with Crippen LogP contribution >= 0.6 is 0 Å². The number of aliphatic hydroxyl groups is 1. The lowest BCUT2D eigenvalue weighted by molar-refractivity contribution is 0.216. The number of benzene rings is 1. The monoisotopic (exact) mass is 203 g/mol. The van der Waals surface area contributed by atoms with E-state index >= 15 is 0 Å². The number of nitrogens with one attached hydrogen (secondary N) is 1. The van der Waals surface area contributed by atoms with Gasteiger partial charge in [0.2, 0.25) is 0 Å². The minimum absolute atomic E-state index is 0.541. The van der Waals surface area contributed by atoms with Crippen molar-refractivity contribution in [2.24, 2.45) is 0 Å². The number of aromatic amines is 1. The lowest BCUT2D eigenvalue weighted by Gasteiger charge is -2.09. The van der Waals surface area contributed by atoms with Gasteiger partial charge in [0.1, 0.15) is 11.9 Å². The highest BCUT2D eigenvalue weighted by molar-refractivity contribution is 5.42. The Morgan fingerprint density at radius 3 is 2.20 bits per heavy atom. The SMILES string of the molecule is Nc1ccc(C(O)c2ccc(N)[nH]2)cc1. The molecule has 0 saturated carbocycles. The predicted molar refractivity (Wildman–Crippen MR) is 60.1 cm³/mol. The van der Waals surface area contributed by atoms with Gasteiger partial charge < -0.3 is 21.6 Å². The van der Waals surface area contributed by atoms with Gasteiger partial charge in [-0.05, 0) is 29.8 Å². The van der Waals surface area contributed by atoms with Crippen molar-refractivity contribution in [1.82, 2.24) is 4.98 Å². The number of nitrogens with two attached hydrogens (primary N) is 2. The van der Waals surface area contributed by atoms with Crippen molar-refractivity contribution in [2.45, 2.75) is 6.10 Å². The molecular formula is C11H13N3O. The summed E-state index contributed by atoms with van der Waals surface area (Å²) in [5.41, 5.74) is 13.2. The Morgan fingerprint density at radius 1 is 1.00 bits per heavy atom. The summed E-state index contributed by atoms with van der Waals surface area (Å²) >= 11 is 0. The second-order valence-electron chi connectivity index (χ2n) is 3.44. The van der Waals surface area contributed by atoms with Crippen molar-refractivity contribution in [3.05, 3.63) is 47.7 Å².